The SMILES string of the molecule is Cc1cccc(NC(=O)C[NH+](C)CC(=O)N2CCOC2=O)c1C. The van der Waals surface area contributed by atoms with Gasteiger partial charge in [0.25, 0.3) is 11.8 Å². The molecule has 0 spiro atoms. The Kier molecular flexibility index (Phi) is 5.33. The summed E-state index contributed by atoms with van der Waals surface area (Å²) < 4.78 is 4.73. The van der Waals surface area contributed by atoms with Crippen LogP contribution in [-0.2, 0) is 14.3 Å². The number of carbonyl (C=O) groups is 3. The number of hydrogen-bond acceptors (Lipinski definition) is 4. The van der Waals surface area contributed by atoms with E-state index in [1.807, 2.05) is 32.0 Å². The first-order chi connectivity index (χ1) is 10.9. The summed E-state index contributed by atoms with van der Waals surface area (Å²) in [5, 5.41) is 2.86. The summed E-state index contributed by atoms with van der Waals surface area (Å²) in [5.74, 6) is -0.502. The Bertz CT molecular complexity index is 630. The first-order valence-electron chi connectivity index (χ1n) is 7.53. The zero-order chi connectivity index (χ0) is 17.0. The molecular formula is C16H22N3O4+. The van der Waals surface area contributed by atoms with Crippen molar-refractivity contribution >= 4 is 23.6 Å². The molecular weight excluding hydrogens is 298 g/mol. The minimum absolute atomic E-state index is 0.0648. The molecule has 1 unspecified atom stereocenters. The Morgan fingerprint density at radius 1 is 1.30 bits per heavy atom. The van der Waals surface area contributed by atoms with Crippen LogP contribution in [0.2, 0.25) is 0 Å². The molecule has 1 aliphatic heterocycles. The van der Waals surface area contributed by atoms with Gasteiger partial charge in [0, 0.05) is 5.69 Å². The average molecular weight is 320 g/mol. The number of likely N-dealkylation sites (N-methyl/N-ethyl adjacent to an activating group) is 1. The maximum absolute atomic E-state index is 12.1. The third-order valence-corrected chi connectivity index (χ3v) is 3.86. The zero-order valence-electron chi connectivity index (χ0n) is 13.6. The summed E-state index contributed by atoms with van der Waals surface area (Å²) in [4.78, 5) is 37.2. The normalized spacial score (nSPS) is 15.3. The lowest BCUT2D eigenvalue weighted by atomic mass is 10.1. The molecule has 0 radical (unpaired) electrons. The molecule has 1 aliphatic rings. The minimum atomic E-state index is -0.609. The van der Waals surface area contributed by atoms with Crippen LogP contribution in [0, 0.1) is 13.8 Å². The second-order valence-corrected chi connectivity index (χ2v) is 5.77. The molecule has 1 aromatic rings. The summed E-state index contributed by atoms with van der Waals surface area (Å²) in [7, 11) is 1.74. The Morgan fingerprint density at radius 2 is 2.04 bits per heavy atom. The maximum atomic E-state index is 12.1. The van der Waals surface area contributed by atoms with Crippen molar-refractivity contribution in [2.45, 2.75) is 13.8 Å². The van der Waals surface area contributed by atoms with E-state index < -0.39 is 6.09 Å². The van der Waals surface area contributed by atoms with Crippen LogP contribution in [0.5, 0.6) is 0 Å². The first kappa shape index (κ1) is 17.0. The standard InChI is InChI=1S/C16H21N3O4/c1-11-5-4-6-13(12(11)2)17-14(20)9-18(3)10-15(21)19-7-8-23-16(19)22/h4-6H,7-10H2,1-3H3,(H,17,20)/p+1. The van der Waals surface area contributed by atoms with Gasteiger partial charge in [-0.15, -0.1) is 0 Å². The summed E-state index contributed by atoms with van der Waals surface area (Å²) in [6.07, 6.45) is -0.609. The van der Waals surface area contributed by atoms with Gasteiger partial charge in [0.15, 0.2) is 13.1 Å². The minimum Gasteiger partial charge on any atom is -0.447 e. The number of quaternary nitrogens is 1. The van der Waals surface area contributed by atoms with E-state index in [-0.39, 0.29) is 38.1 Å². The molecule has 7 nitrogen and oxygen atoms in total. The molecule has 0 saturated carbocycles. The second-order valence-electron chi connectivity index (χ2n) is 5.77. The van der Waals surface area contributed by atoms with Crippen molar-refractivity contribution in [2.75, 3.05) is 38.6 Å². The lowest BCUT2D eigenvalue weighted by molar-refractivity contribution is -0.862. The van der Waals surface area contributed by atoms with Crippen molar-refractivity contribution in [3.05, 3.63) is 29.3 Å². The Morgan fingerprint density at radius 3 is 2.70 bits per heavy atom. The number of amides is 3. The molecule has 1 heterocycles. The van der Waals surface area contributed by atoms with Gasteiger partial charge in [0.2, 0.25) is 0 Å². The third kappa shape index (κ3) is 4.29. The fraction of sp³-hybridized carbons (Fsp3) is 0.438. The van der Waals surface area contributed by atoms with Gasteiger partial charge < -0.3 is 15.0 Å². The van der Waals surface area contributed by atoms with E-state index in [0.717, 1.165) is 21.7 Å². The van der Waals surface area contributed by atoms with E-state index in [4.69, 9.17) is 4.74 Å². The molecule has 2 N–H and O–H groups in total. The van der Waals surface area contributed by atoms with E-state index in [1.54, 1.807) is 7.05 Å². The van der Waals surface area contributed by atoms with E-state index in [9.17, 15) is 14.4 Å². The van der Waals surface area contributed by atoms with E-state index in [1.165, 1.54) is 0 Å². The van der Waals surface area contributed by atoms with Crippen LogP contribution in [0.25, 0.3) is 0 Å². The number of aryl methyl sites for hydroxylation is 1. The molecule has 0 aliphatic carbocycles. The number of ether oxygens (including phenoxy) is 1. The van der Waals surface area contributed by atoms with Crippen molar-refractivity contribution in [1.29, 1.82) is 0 Å². The summed E-state index contributed by atoms with van der Waals surface area (Å²) in [6, 6.07) is 5.72. The highest BCUT2D eigenvalue weighted by molar-refractivity contribution is 5.94. The van der Waals surface area contributed by atoms with Crippen LogP contribution in [0.15, 0.2) is 18.2 Å². The molecule has 1 aromatic carbocycles. The predicted molar refractivity (Wildman–Crippen MR) is 84.2 cm³/mol. The van der Waals surface area contributed by atoms with Gasteiger partial charge in [-0.3, -0.25) is 9.59 Å². The lowest BCUT2D eigenvalue weighted by Crippen LogP contribution is -3.11. The highest BCUT2D eigenvalue weighted by Gasteiger charge is 2.30. The van der Waals surface area contributed by atoms with Gasteiger partial charge in [-0.25, -0.2) is 9.69 Å². The van der Waals surface area contributed by atoms with Gasteiger partial charge >= 0.3 is 6.09 Å². The lowest BCUT2D eigenvalue weighted by Gasteiger charge is -2.16. The highest BCUT2D eigenvalue weighted by Crippen LogP contribution is 2.17. The molecule has 0 aromatic heterocycles. The Balaban J connectivity index is 1.86. The smallest absolute Gasteiger partial charge is 0.416 e. The van der Waals surface area contributed by atoms with Crippen LogP contribution < -0.4 is 10.2 Å². The summed E-state index contributed by atoms with van der Waals surface area (Å²) >= 11 is 0. The number of nitrogens with one attached hydrogen (secondary N) is 2. The molecule has 1 fully saturated rings. The zero-order valence-corrected chi connectivity index (χ0v) is 13.6. The van der Waals surface area contributed by atoms with Crippen molar-refractivity contribution in [1.82, 2.24) is 4.90 Å². The summed E-state index contributed by atoms with van der Waals surface area (Å²) in [6.45, 7) is 4.65. The van der Waals surface area contributed by atoms with E-state index in [0.29, 0.717) is 4.90 Å². The van der Waals surface area contributed by atoms with Gasteiger partial charge in [-0.05, 0) is 31.0 Å². The number of carbonyl (C=O) groups excluding carboxylic acids is 3. The first-order valence-corrected chi connectivity index (χ1v) is 7.53. The molecule has 2 rings (SSSR count). The molecule has 0 bridgehead atoms. The second kappa shape index (κ2) is 7.23. The number of imide groups is 1. The number of nitrogens with zero attached hydrogens (tertiary/aromatic N) is 1. The van der Waals surface area contributed by atoms with Crippen molar-refractivity contribution < 1.29 is 24.0 Å². The number of cyclic esters (lactones) is 1. The molecule has 3 amide bonds. The van der Waals surface area contributed by atoms with Gasteiger partial charge in [-0.2, -0.15) is 0 Å². The van der Waals surface area contributed by atoms with Crippen molar-refractivity contribution in [2.24, 2.45) is 0 Å². The number of rotatable bonds is 5. The monoisotopic (exact) mass is 320 g/mol. The number of hydrogen-bond donors (Lipinski definition) is 2. The van der Waals surface area contributed by atoms with E-state index >= 15 is 0 Å². The fourth-order valence-electron chi connectivity index (χ4n) is 2.39. The van der Waals surface area contributed by atoms with Crippen LogP contribution in [0.3, 0.4) is 0 Å². The van der Waals surface area contributed by atoms with Crippen molar-refractivity contribution in [3.63, 3.8) is 0 Å². The largest absolute Gasteiger partial charge is 0.447 e. The quantitative estimate of drug-likeness (QED) is 0.783. The predicted octanol–water partition coefficient (Wildman–Crippen LogP) is -0.265. The summed E-state index contributed by atoms with van der Waals surface area (Å²) in [5.41, 5.74) is 2.90. The van der Waals surface area contributed by atoms with E-state index in [2.05, 4.69) is 5.32 Å². The highest BCUT2D eigenvalue weighted by atomic mass is 16.6. The number of benzene rings is 1. The topological polar surface area (TPSA) is 80.2 Å². The average Bonchev–Trinajstić information content (AvgIpc) is 2.90. The van der Waals surface area contributed by atoms with Crippen LogP contribution in [0.1, 0.15) is 11.1 Å². The van der Waals surface area contributed by atoms with Crippen LogP contribution in [-0.4, -0.2) is 56.1 Å². The fourth-order valence-corrected chi connectivity index (χ4v) is 2.39. The van der Waals surface area contributed by atoms with Crippen LogP contribution >= 0.6 is 0 Å². The van der Waals surface area contributed by atoms with Crippen molar-refractivity contribution in [3.8, 4) is 0 Å². The van der Waals surface area contributed by atoms with Gasteiger partial charge in [0.05, 0.1) is 13.6 Å². The molecule has 7 heteroatoms. The maximum Gasteiger partial charge on any atom is 0.416 e. The van der Waals surface area contributed by atoms with Gasteiger partial charge in [-0.1, -0.05) is 12.1 Å². The molecule has 124 valence electrons. The molecule has 23 heavy (non-hydrogen) atoms. The van der Waals surface area contributed by atoms with Crippen LogP contribution in [0.4, 0.5) is 10.5 Å². The number of anilines is 1. The molecule has 1 saturated heterocycles. The molecule has 1 atom stereocenters. The van der Waals surface area contributed by atoms with Gasteiger partial charge in [0.1, 0.15) is 6.61 Å². The Hall–Kier alpha value is -2.41. The third-order valence-electron chi connectivity index (χ3n) is 3.86. The Labute approximate surface area is 135 Å².